The molecule has 63 heavy (non-hydrogen) atoms. The van der Waals surface area contributed by atoms with Crippen molar-refractivity contribution in [2.24, 2.45) is 0 Å². The summed E-state index contributed by atoms with van der Waals surface area (Å²) in [6.45, 7) is 15.6. The van der Waals surface area contributed by atoms with Crippen LogP contribution < -0.4 is 0 Å². The summed E-state index contributed by atoms with van der Waals surface area (Å²) in [6.07, 6.45) is 0. The molecule has 0 atom stereocenters. The summed E-state index contributed by atoms with van der Waals surface area (Å²) in [5.41, 5.74) is 14.5. The predicted octanol–water partition coefficient (Wildman–Crippen LogP) is 15.7. The van der Waals surface area contributed by atoms with E-state index >= 15 is 0 Å². The van der Waals surface area contributed by atoms with E-state index in [1.165, 1.54) is 27.9 Å². The fraction of sp³-hybridized carbons (Fsp3) is 0.228. The first kappa shape index (κ1) is 39.8. The Hall–Kier alpha value is -6.07. The SMILES string of the molecule is CC(C)c1cccc(C(C)C)c1-n1c(-c2[c-]cccc2)nc2ccccc21.[2H]C([2H])([2H])c1cccc2c1oc1c(-c3nc4ccccc4n3-c3c(C(C)C)cccc3C(C)C)[c-]ccc12.[Ir]. The van der Waals surface area contributed by atoms with Crippen LogP contribution in [-0.2, 0) is 20.1 Å². The molecule has 3 heterocycles. The van der Waals surface area contributed by atoms with Crippen molar-refractivity contribution in [3.05, 3.63) is 179 Å². The van der Waals surface area contributed by atoms with Gasteiger partial charge in [-0.15, -0.1) is 54.1 Å². The molecule has 0 saturated heterocycles. The van der Waals surface area contributed by atoms with Gasteiger partial charge in [-0.3, -0.25) is 9.97 Å². The van der Waals surface area contributed by atoms with Gasteiger partial charge < -0.3 is 13.6 Å². The molecule has 5 nitrogen and oxygen atoms in total. The standard InChI is InChI=1S/C32H29N2O.C25H25N2.Ir/c1-19(2)22-12-9-13-23(20(3)4)29(22)34-28-18-7-6-17-27(28)33-32(34)26-16-10-15-25-24-14-8-11-21(5)30(24)35-31(25)26;1-17(2)20-13-10-14-21(18(3)4)24(20)27-23-16-9-8-15-22(23)26-25(27)19-11-6-5-7-12-19;/h6-15,17-20H,1-5H3;5-11,13-18H,1-4H3;/q2*-1;/i5D3;;. The number of fused-ring (bicyclic) bond motifs is 5. The topological polar surface area (TPSA) is 48.8 Å². The number of aryl methyl sites for hydroxylation is 1. The smallest absolute Gasteiger partial charge is 0.123 e. The van der Waals surface area contributed by atoms with Gasteiger partial charge in [-0.1, -0.05) is 145 Å². The summed E-state index contributed by atoms with van der Waals surface area (Å²) in [6, 6.07) is 53.7. The largest absolute Gasteiger partial charge is 0.500 e. The maximum Gasteiger partial charge on any atom is 0.123 e. The Labute approximate surface area is 389 Å². The number of benzene rings is 7. The minimum Gasteiger partial charge on any atom is -0.500 e. The Balaban J connectivity index is 0.000000187. The monoisotopic (exact) mass is 1010 g/mol. The molecular weight excluding hydrogens is 949 g/mol. The van der Waals surface area contributed by atoms with E-state index in [-0.39, 0.29) is 25.7 Å². The van der Waals surface area contributed by atoms with Gasteiger partial charge in [0.05, 0.1) is 39.3 Å². The first-order chi connectivity index (χ1) is 31.2. The maximum atomic E-state index is 8.04. The molecule has 319 valence electrons. The number of aromatic nitrogens is 4. The number of para-hydroxylation sites is 7. The van der Waals surface area contributed by atoms with Gasteiger partial charge in [0.2, 0.25) is 0 Å². The van der Waals surface area contributed by atoms with Crippen molar-refractivity contribution in [2.45, 2.75) is 85.9 Å². The minimum atomic E-state index is -2.28. The van der Waals surface area contributed by atoms with Crippen molar-refractivity contribution in [1.82, 2.24) is 19.1 Å². The van der Waals surface area contributed by atoms with Crippen LogP contribution in [0.4, 0.5) is 0 Å². The Kier molecular flexibility index (Phi) is 11.3. The average molecular weight is 1010 g/mol. The summed E-state index contributed by atoms with van der Waals surface area (Å²) < 4.78 is 35.1. The maximum absolute atomic E-state index is 8.04. The number of rotatable bonds is 8. The van der Waals surface area contributed by atoms with Crippen LogP contribution >= 0.6 is 0 Å². The Morgan fingerprint density at radius 3 is 1.51 bits per heavy atom. The summed E-state index contributed by atoms with van der Waals surface area (Å²) in [5.74, 6) is 3.11. The van der Waals surface area contributed by atoms with E-state index in [1.54, 1.807) is 12.1 Å². The van der Waals surface area contributed by atoms with Crippen LogP contribution in [0, 0.1) is 19.0 Å². The van der Waals surface area contributed by atoms with Gasteiger partial charge >= 0.3 is 0 Å². The average Bonchev–Trinajstić information content (AvgIpc) is 4.00. The molecule has 10 rings (SSSR count). The number of hydrogen-bond acceptors (Lipinski definition) is 3. The fourth-order valence-corrected chi connectivity index (χ4v) is 8.85. The zero-order chi connectivity index (χ0) is 45.7. The normalized spacial score (nSPS) is 12.6. The molecule has 0 unspecified atom stereocenters. The molecule has 3 aromatic heterocycles. The van der Waals surface area contributed by atoms with E-state index in [4.69, 9.17) is 18.5 Å². The first-order valence-corrected chi connectivity index (χ1v) is 21.8. The van der Waals surface area contributed by atoms with Crippen molar-refractivity contribution in [1.29, 1.82) is 0 Å². The molecule has 10 aromatic rings. The van der Waals surface area contributed by atoms with E-state index in [1.807, 2.05) is 54.6 Å². The zero-order valence-electron chi connectivity index (χ0n) is 40.1. The Bertz CT molecular complexity index is 3290. The first-order valence-electron chi connectivity index (χ1n) is 23.3. The van der Waals surface area contributed by atoms with Crippen LogP contribution in [0.5, 0.6) is 0 Å². The molecule has 6 heteroatoms. The molecule has 0 N–H and O–H groups in total. The quantitative estimate of drug-likeness (QED) is 0.143. The van der Waals surface area contributed by atoms with E-state index in [9.17, 15) is 0 Å². The molecule has 0 aliphatic heterocycles. The number of imidazole rings is 2. The Morgan fingerprint density at radius 1 is 0.492 bits per heavy atom. The van der Waals surface area contributed by atoms with Crippen molar-refractivity contribution in [2.75, 3.05) is 0 Å². The van der Waals surface area contributed by atoms with Crippen LogP contribution in [0.25, 0.3) is 78.2 Å². The second kappa shape index (κ2) is 18.0. The van der Waals surface area contributed by atoms with Crippen molar-refractivity contribution < 1.29 is 28.6 Å². The molecule has 0 spiro atoms. The van der Waals surface area contributed by atoms with E-state index < -0.39 is 6.85 Å². The second-order valence-electron chi connectivity index (χ2n) is 17.4. The van der Waals surface area contributed by atoms with Gasteiger partial charge in [-0.05, 0) is 82.6 Å². The molecule has 0 aliphatic rings. The van der Waals surface area contributed by atoms with E-state index in [0.717, 1.165) is 55.7 Å². The van der Waals surface area contributed by atoms with E-state index in [2.05, 4.69) is 149 Å². The summed E-state index contributed by atoms with van der Waals surface area (Å²) in [5, 5.41) is 1.62. The van der Waals surface area contributed by atoms with Crippen LogP contribution in [0.15, 0.2) is 144 Å². The number of furan rings is 1. The summed E-state index contributed by atoms with van der Waals surface area (Å²) in [4.78, 5) is 10.1. The molecule has 1 radical (unpaired) electrons. The van der Waals surface area contributed by atoms with Gasteiger partial charge in [0.25, 0.3) is 0 Å². The van der Waals surface area contributed by atoms with Gasteiger partial charge in [-0.25, -0.2) is 0 Å². The predicted molar refractivity (Wildman–Crippen MR) is 259 cm³/mol. The van der Waals surface area contributed by atoms with Crippen LogP contribution in [0.3, 0.4) is 0 Å². The summed E-state index contributed by atoms with van der Waals surface area (Å²) in [7, 11) is 0. The molecule has 0 aliphatic carbocycles. The second-order valence-corrected chi connectivity index (χ2v) is 17.4. The molecule has 0 saturated carbocycles. The fourth-order valence-electron chi connectivity index (χ4n) is 8.85. The molecular formula is C57H54IrN4O-2. The third kappa shape index (κ3) is 7.85. The van der Waals surface area contributed by atoms with Crippen LogP contribution in [0.1, 0.15) is 111 Å². The Morgan fingerprint density at radius 2 is 0.984 bits per heavy atom. The van der Waals surface area contributed by atoms with Crippen molar-refractivity contribution in [3.63, 3.8) is 0 Å². The van der Waals surface area contributed by atoms with Crippen molar-refractivity contribution in [3.8, 4) is 34.2 Å². The molecule has 7 aromatic carbocycles. The van der Waals surface area contributed by atoms with Gasteiger partial charge in [0.1, 0.15) is 5.58 Å². The van der Waals surface area contributed by atoms with Gasteiger partial charge in [0.15, 0.2) is 0 Å². The number of nitrogens with zero attached hydrogens (tertiary/aromatic N) is 4. The third-order valence-corrected chi connectivity index (χ3v) is 11.9. The third-order valence-electron chi connectivity index (χ3n) is 11.9. The molecule has 0 bridgehead atoms. The zero-order valence-corrected chi connectivity index (χ0v) is 39.5. The molecule has 0 amide bonds. The van der Waals surface area contributed by atoms with Gasteiger partial charge in [0, 0.05) is 41.0 Å². The van der Waals surface area contributed by atoms with Crippen molar-refractivity contribution >= 4 is 44.0 Å². The van der Waals surface area contributed by atoms with Gasteiger partial charge in [-0.2, -0.15) is 0 Å². The summed E-state index contributed by atoms with van der Waals surface area (Å²) >= 11 is 0. The number of hydrogen-bond donors (Lipinski definition) is 0. The molecule has 0 fully saturated rings. The van der Waals surface area contributed by atoms with Crippen LogP contribution in [0.2, 0.25) is 0 Å². The minimum absolute atomic E-state index is 0. The van der Waals surface area contributed by atoms with E-state index in [0.29, 0.717) is 40.4 Å². The van der Waals surface area contributed by atoms with Crippen LogP contribution in [-0.4, -0.2) is 19.1 Å².